The number of hydrogen-bond acceptors (Lipinski definition) is 0. The first-order valence-corrected chi connectivity index (χ1v) is 16.3. The molecule has 0 radical (unpaired) electrons. The molecule has 5 unspecified atom stereocenters. The maximum Gasteiger partial charge on any atom is -0.0303 e. The highest BCUT2D eigenvalue weighted by molar-refractivity contribution is 4.99. The summed E-state index contributed by atoms with van der Waals surface area (Å²) in [6.45, 7) is 16.1. The van der Waals surface area contributed by atoms with E-state index < -0.39 is 0 Å². The normalized spacial score (nSPS) is 36.2. The molecule has 0 heteroatoms. The van der Waals surface area contributed by atoms with Crippen molar-refractivity contribution >= 4 is 0 Å². The van der Waals surface area contributed by atoms with Crippen molar-refractivity contribution in [2.75, 3.05) is 0 Å². The average Bonchev–Trinajstić information content (AvgIpc) is 2.87. The Balaban J connectivity index is 1.62. The largest absolute Gasteiger partial charge is 0.0620 e. The molecule has 0 aromatic carbocycles. The van der Waals surface area contributed by atoms with Gasteiger partial charge in [0.2, 0.25) is 0 Å². The van der Waals surface area contributed by atoms with E-state index in [-0.39, 0.29) is 0 Å². The Kier molecular flexibility index (Phi) is 9.57. The summed E-state index contributed by atoms with van der Waals surface area (Å²) in [5, 5.41) is 0. The van der Waals surface area contributed by atoms with Crippen LogP contribution in [0.4, 0.5) is 0 Å². The lowest BCUT2D eigenvalue weighted by Gasteiger charge is -2.56. The Hall–Kier alpha value is 0. The van der Waals surface area contributed by atoms with Gasteiger partial charge >= 0.3 is 0 Å². The minimum Gasteiger partial charge on any atom is -0.0620 e. The van der Waals surface area contributed by atoms with E-state index in [1.54, 1.807) is 12.8 Å². The first kappa shape index (κ1) is 27.0. The predicted octanol–water partition coefficient (Wildman–Crippen LogP) is 10.9. The summed E-state index contributed by atoms with van der Waals surface area (Å²) in [5.74, 6) is 9.73. The molecule has 0 bridgehead atoms. The number of hydrogen-bond donors (Lipinski definition) is 0. The molecule has 198 valence electrons. The third kappa shape index (κ3) is 6.28. The molecule has 4 saturated carbocycles. The van der Waals surface area contributed by atoms with Crippen molar-refractivity contribution in [1.29, 1.82) is 0 Å². The second-order valence-corrected chi connectivity index (χ2v) is 15.2. The molecule has 34 heavy (non-hydrogen) atoms. The third-order valence-electron chi connectivity index (χ3n) is 12.3. The molecule has 0 nitrogen and oxygen atoms in total. The maximum atomic E-state index is 2.73. The molecule has 0 aliphatic heterocycles. The smallest absolute Gasteiger partial charge is 0.0303 e. The molecule has 0 amide bonds. The van der Waals surface area contributed by atoms with Crippen molar-refractivity contribution in [3.8, 4) is 0 Å². The van der Waals surface area contributed by atoms with Crippen molar-refractivity contribution in [2.24, 2.45) is 64.6 Å². The van der Waals surface area contributed by atoms with Gasteiger partial charge in [0.05, 0.1) is 0 Å². The van der Waals surface area contributed by atoms with Crippen molar-refractivity contribution in [3.05, 3.63) is 0 Å². The molecule has 4 fully saturated rings. The molecular weight excluding hydrogens is 408 g/mol. The second-order valence-electron chi connectivity index (χ2n) is 15.2. The van der Waals surface area contributed by atoms with E-state index in [0.717, 1.165) is 59.2 Å². The van der Waals surface area contributed by atoms with E-state index in [2.05, 4.69) is 41.5 Å². The zero-order valence-electron chi connectivity index (χ0n) is 24.3. The monoisotopic (exact) mass is 470 g/mol. The second kappa shape index (κ2) is 12.0. The van der Waals surface area contributed by atoms with Crippen molar-refractivity contribution in [1.82, 2.24) is 0 Å². The summed E-state index contributed by atoms with van der Waals surface area (Å²) in [7, 11) is 0. The van der Waals surface area contributed by atoms with E-state index in [1.165, 1.54) is 96.3 Å². The highest BCUT2D eigenvalue weighted by Gasteiger charge is 2.50. The predicted molar refractivity (Wildman–Crippen MR) is 150 cm³/mol. The Bertz CT molecular complexity index is 546. The Morgan fingerprint density at radius 2 is 0.765 bits per heavy atom. The van der Waals surface area contributed by atoms with Crippen molar-refractivity contribution < 1.29 is 0 Å². The Labute approximate surface area is 215 Å². The lowest BCUT2D eigenvalue weighted by molar-refractivity contribution is -0.0696. The molecule has 5 atom stereocenters. The van der Waals surface area contributed by atoms with Gasteiger partial charge in [0, 0.05) is 0 Å². The van der Waals surface area contributed by atoms with Gasteiger partial charge in [-0.05, 0) is 77.4 Å². The summed E-state index contributed by atoms with van der Waals surface area (Å²) in [6.07, 6.45) is 25.8. The fraction of sp³-hybridized carbons (Fsp3) is 1.00. The van der Waals surface area contributed by atoms with Gasteiger partial charge in [-0.1, -0.05) is 138 Å². The van der Waals surface area contributed by atoms with Crippen LogP contribution in [0.3, 0.4) is 0 Å². The van der Waals surface area contributed by atoms with Crippen LogP contribution in [0.15, 0.2) is 0 Å². The van der Waals surface area contributed by atoms with Crippen LogP contribution in [-0.4, -0.2) is 0 Å². The quantitative estimate of drug-likeness (QED) is 0.362. The zero-order valence-corrected chi connectivity index (χ0v) is 24.3. The highest BCUT2D eigenvalue weighted by Crippen LogP contribution is 2.58. The van der Waals surface area contributed by atoms with Crippen LogP contribution in [0.25, 0.3) is 0 Å². The van der Waals surface area contributed by atoms with Gasteiger partial charge in [-0.15, -0.1) is 0 Å². The van der Waals surface area contributed by atoms with E-state index in [4.69, 9.17) is 0 Å². The zero-order chi connectivity index (χ0) is 24.3. The van der Waals surface area contributed by atoms with Gasteiger partial charge in [-0.2, -0.15) is 0 Å². The van der Waals surface area contributed by atoms with Crippen molar-refractivity contribution in [3.63, 3.8) is 0 Å². The molecular formula is C34H62. The summed E-state index contributed by atoms with van der Waals surface area (Å²) < 4.78 is 0. The molecule has 0 saturated heterocycles. The molecule has 0 N–H and O–H groups in total. The lowest BCUT2D eigenvalue weighted by atomic mass is 9.49. The molecule has 4 aliphatic rings. The van der Waals surface area contributed by atoms with Crippen LogP contribution in [0, 0.1) is 64.6 Å². The Morgan fingerprint density at radius 1 is 0.441 bits per heavy atom. The van der Waals surface area contributed by atoms with Gasteiger partial charge in [-0.3, -0.25) is 0 Å². The van der Waals surface area contributed by atoms with E-state index >= 15 is 0 Å². The van der Waals surface area contributed by atoms with E-state index in [9.17, 15) is 0 Å². The maximum absolute atomic E-state index is 2.73. The van der Waals surface area contributed by atoms with Crippen LogP contribution in [-0.2, 0) is 0 Å². The molecule has 0 heterocycles. The summed E-state index contributed by atoms with van der Waals surface area (Å²) in [5.41, 5.74) is 0.445. The first-order valence-electron chi connectivity index (χ1n) is 16.3. The van der Waals surface area contributed by atoms with Crippen LogP contribution >= 0.6 is 0 Å². The fourth-order valence-corrected chi connectivity index (χ4v) is 10.3. The van der Waals surface area contributed by atoms with Crippen LogP contribution in [0.2, 0.25) is 0 Å². The third-order valence-corrected chi connectivity index (χ3v) is 12.3. The summed E-state index contributed by atoms with van der Waals surface area (Å²) >= 11 is 0. The first-order chi connectivity index (χ1) is 16.3. The minimum atomic E-state index is 0.445. The van der Waals surface area contributed by atoms with E-state index in [1.807, 2.05) is 0 Å². The molecule has 4 rings (SSSR count). The number of rotatable bonds is 6. The van der Waals surface area contributed by atoms with Gasteiger partial charge in [0.1, 0.15) is 0 Å². The topological polar surface area (TPSA) is 0 Å². The lowest BCUT2D eigenvalue weighted by Crippen LogP contribution is -2.49. The standard InChI is InChI=1S/C34H62/c1-24(27-16-10-7-11-17-27)30-22-31(25(2)28-18-12-8-13-19-28)33(34(4,5)6)32(23-30)26(3)29-20-14-9-15-21-29/h24-33H,7-23H2,1-6H3. The van der Waals surface area contributed by atoms with Crippen molar-refractivity contribution in [2.45, 2.75) is 151 Å². The average molecular weight is 471 g/mol. The molecule has 0 spiro atoms. The van der Waals surface area contributed by atoms with Gasteiger partial charge in [0.25, 0.3) is 0 Å². The fourth-order valence-electron chi connectivity index (χ4n) is 10.3. The minimum absolute atomic E-state index is 0.445. The van der Waals surface area contributed by atoms with Crippen LogP contribution in [0.1, 0.15) is 151 Å². The molecule has 0 aromatic rings. The van der Waals surface area contributed by atoms with Crippen LogP contribution < -0.4 is 0 Å². The summed E-state index contributed by atoms with van der Waals surface area (Å²) in [6, 6.07) is 0. The van der Waals surface area contributed by atoms with Gasteiger partial charge < -0.3 is 0 Å². The Morgan fingerprint density at radius 3 is 1.09 bits per heavy atom. The summed E-state index contributed by atoms with van der Waals surface area (Å²) in [4.78, 5) is 0. The molecule has 0 aromatic heterocycles. The highest BCUT2D eigenvalue weighted by atomic mass is 14.5. The van der Waals surface area contributed by atoms with Gasteiger partial charge in [-0.25, -0.2) is 0 Å². The van der Waals surface area contributed by atoms with E-state index in [0.29, 0.717) is 5.41 Å². The van der Waals surface area contributed by atoms with Crippen LogP contribution in [0.5, 0.6) is 0 Å². The molecule has 4 aliphatic carbocycles. The SMILES string of the molecule is CC(C1CCCCC1)C1CC(C(C)C2CCCCC2)C(C(C)(C)C)C(C(C)C2CCCCC2)C1. The van der Waals surface area contributed by atoms with Gasteiger partial charge in [0.15, 0.2) is 0 Å².